The van der Waals surface area contributed by atoms with E-state index in [1.54, 1.807) is 25.7 Å². The quantitative estimate of drug-likeness (QED) is 0.847. The van der Waals surface area contributed by atoms with Gasteiger partial charge in [0.2, 0.25) is 15.9 Å². The highest BCUT2D eigenvalue weighted by molar-refractivity contribution is 7.91. The first-order chi connectivity index (χ1) is 10.4. The van der Waals surface area contributed by atoms with Gasteiger partial charge in [0.15, 0.2) is 4.75 Å². The molecular weight excluding hydrogens is 314 g/mol. The van der Waals surface area contributed by atoms with Gasteiger partial charge in [0, 0.05) is 18.6 Å². The van der Waals surface area contributed by atoms with Crippen molar-refractivity contribution in [3.63, 3.8) is 0 Å². The van der Waals surface area contributed by atoms with E-state index < -0.39 is 25.7 Å². The van der Waals surface area contributed by atoms with Gasteiger partial charge < -0.3 is 4.90 Å². The molecule has 0 unspecified atom stereocenters. The van der Waals surface area contributed by atoms with Crippen molar-refractivity contribution >= 4 is 15.9 Å². The van der Waals surface area contributed by atoms with Crippen LogP contribution in [0.2, 0.25) is 0 Å². The van der Waals surface area contributed by atoms with Gasteiger partial charge in [0.1, 0.15) is 0 Å². The van der Waals surface area contributed by atoms with Gasteiger partial charge >= 0.3 is 0 Å². The molecule has 1 heterocycles. The summed E-state index contributed by atoms with van der Waals surface area (Å²) in [6.07, 6.45) is 2.70. The molecule has 0 radical (unpaired) electrons. The maximum absolute atomic E-state index is 13.0. The van der Waals surface area contributed by atoms with E-state index >= 15 is 0 Å². The van der Waals surface area contributed by atoms with Crippen molar-refractivity contribution in [3.8, 4) is 6.07 Å². The minimum Gasteiger partial charge on any atom is -0.341 e. The first-order valence-corrected chi connectivity index (χ1v) is 9.67. The van der Waals surface area contributed by atoms with E-state index in [0.717, 1.165) is 6.42 Å². The first kappa shape index (κ1) is 18.2. The third-order valence-electron chi connectivity index (χ3n) is 4.93. The van der Waals surface area contributed by atoms with Crippen molar-refractivity contribution in [1.82, 2.24) is 9.62 Å². The topological polar surface area (TPSA) is 90.3 Å². The van der Waals surface area contributed by atoms with Crippen LogP contribution in [-0.2, 0) is 14.8 Å². The van der Waals surface area contributed by atoms with E-state index in [2.05, 4.69) is 10.8 Å². The highest BCUT2D eigenvalue weighted by Gasteiger charge is 2.57. The highest BCUT2D eigenvalue weighted by Crippen LogP contribution is 2.42. The number of nitrogens with zero attached hydrogens (tertiary/aromatic N) is 2. The van der Waals surface area contributed by atoms with E-state index in [4.69, 9.17) is 0 Å². The fourth-order valence-electron chi connectivity index (χ4n) is 3.20. The molecule has 1 aliphatic carbocycles. The van der Waals surface area contributed by atoms with Crippen LogP contribution in [0.4, 0.5) is 0 Å². The number of hydrogen-bond donors (Lipinski definition) is 1. The van der Waals surface area contributed by atoms with Crippen LogP contribution in [0.1, 0.15) is 59.8 Å². The molecule has 1 N–H and O–H groups in total. The van der Waals surface area contributed by atoms with Gasteiger partial charge in [-0.2, -0.15) is 5.26 Å². The van der Waals surface area contributed by atoms with Crippen LogP contribution in [0, 0.1) is 16.7 Å². The second-order valence-electron chi connectivity index (χ2n) is 8.17. The summed E-state index contributed by atoms with van der Waals surface area (Å²) in [5.41, 5.74) is -1.02. The number of hydrogen-bond acceptors (Lipinski definition) is 4. The summed E-state index contributed by atoms with van der Waals surface area (Å²) in [5, 5.41) is 9.19. The van der Waals surface area contributed by atoms with Crippen molar-refractivity contribution in [3.05, 3.63) is 0 Å². The summed E-state index contributed by atoms with van der Waals surface area (Å²) < 4.78 is 27.0. The van der Waals surface area contributed by atoms with Gasteiger partial charge in [-0.25, -0.2) is 13.1 Å². The van der Waals surface area contributed by atoms with E-state index in [0.29, 0.717) is 38.8 Å². The lowest BCUT2D eigenvalue weighted by Crippen LogP contribution is -2.64. The number of carbonyl (C=O) groups is 1. The Morgan fingerprint density at radius 1 is 1.17 bits per heavy atom. The molecule has 0 aromatic heterocycles. The zero-order chi connectivity index (χ0) is 17.5. The summed E-state index contributed by atoms with van der Waals surface area (Å²) >= 11 is 0. The number of sulfonamides is 1. The predicted octanol–water partition coefficient (Wildman–Crippen LogP) is 1.78. The van der Waals surface area contributed by atoms with Crippen LogP contribution in [0.25, 0.3) is 0 Å². The Kier molecular flexibility index (Phi) is 4.55. The molecule has 7 heteroatoms. The summed E-state index contributed by atoms with van der Waals surface area (Å²) in [7, 11) is -3.73. The van der Waals surface area contributed by atoms with Crippen LogP contribution in [0.15, 0.2) is 0 Å². The minimum absolute atomic E-state index is 0.291. The number of amides is 1. The SMILES string of the molecule is CC1(C#N)CCN(C(=O)C2(S(=O)(=O)NC(C)(C)C)CCC2)CC1. The maximum Gasteiger partial charge on any atom is 0.245 e. The molecule has 130 valence electrons. The van der Waals surface area contributed by atoms with E-state index in [9.17, 15) is 18.5 Å². The molecule has 0 aromatic rings. The molecular formula is C16H27N3O3S. The zero-order valence-electron chi connectivity index (χ0n) is 14.5. The lowest BCUT2D eigenvalue weighted by atomic mass is 9.79. The molecule has 1 saturated heterocycles. The predicted molar refractivity (Wildman–Crippen MR) is 87.9 cm³/mol. The Balaban J connectivity index is 2.18. The van der Waals surface area contributed by atoms with Crippen LogP contribution in [0.3, 0.4) is 0 Å². The Labute approximate surface area is 139 Å². The molecule has 1 aliphatic heterocycles. The second-order valence-corrected chi connectivity index (χ2v) is 10.2. The van der Waals surface area contributed by atoms with E-state index in [-0.39, 0.29) is 5.91 Å². The average Bonchev–Trinajstić information content (AvgIpc) is 2.34. The van der Waals surface area contributed by atoms with Gasteiger partial charge in [0.05, 0.1) is 11.5 Å². The van der Waals surface area contributed by atoms with Gasteiger partial charge in [-0.05, 0) is 59.8 Å². The van der Waals surface area contributed by atoms with E-state index in [1.807, 2.05) is 6.92 Å². The summed E-state index contributed by atoms with van der Waals surface area (Å²) in [6.45, 7) is 8.14. The number of likely N-dealkylation sites (tertiary alicyclic amines) is 1. The van der Waals surface area contributed by atoms with E-state index in [1.165, 1.54) is 0 Å². The fourth-order valence-corrected chi connectivity index (χ4v) is 5.39. The largest absolute Gasteiger partial charge is 0.341 e. The van der Waals surface area contributed by atoms with Gasteiger partial charge in [0.25, 0.3) is 0 Å². The van der Waals surface area contributed by atoms with Crippen molar-refractivity contribution in [2.45, 2.75) is 70.1 Å². The first-order valence-electron chi connectivity index (χ1n) is 8.19. The third-order valence-corrected chi connectivity index (χ3v) is 7.42. The number of piperidine rings is 1. The zero-order valence-corrected chi connectivity index (χ0v) is 15.3. The molecule has 0 spiro atoms. The normalized spacial score (nSPS) is 23.7. The molecule has 0 aromatic carbocycles. The molecule has 0 atom stereocenters. The molecule has 2 aliphatic rings. The van der Waals surface area contributed by atoms with Crippen LogP contribution < -0.4 is 4.72 Å². The molecule has 6 nitrogen and oxygen atoms in total. The Bertz CT molecular complexity index is 616. The molecule has 2 fully saturated rings. The highest BCUT2D eigenvalue weighted by atomic mass is 32.2. The lowest BCUT2D eigenvalue weighted by Gasteiger charge is -2.45. The van der Waals surface area contributed by atoms with Crippen molar-refractivity contribution in [1.29, 1.82) is 5.26 Å². The van der Waals surface area contributed by atoms with Crippen molar-refractivity contribution < 1.29 is 13.2 Å². The molecule has 1 saturated carbocycles. The summed E-state index contributed by atoms with van der Waals surface area (Å²) in [6, 6.07) is 2.30. The second kappa shape index (κ2) is 5.75. The molecule has 23 heavy (non-hydrogen) atoms. The monoisotopic (exact) mass is 341 g/mol. The van der Waals surface area contributed by atoms with Crippen molar-refractivity contribution in [2.24, 2.45) is 5.41 Å². The summed E-state index contributed by atoms with van der Waals surface area (Å²) in [4.78, 5) is 14.6. The number of nitrogens with one attached hydrogen (secondary N) is 1. The van der Waals surface area contributed by atoms with Gasteiger partial charge in [-0.3, -0.25) is 4.79 Å². The van der Waals surface area contributed by atoms with Crippen LogP contribution >= 0.6 is 0 Å². The fraction of sp³-hybridized carbons (Fsp3) is 0.875. The van der Waals surface area contributed by atoms with Crippen LogP contribution in [-0.4, -0.2) is 42.6 Å². The number of nitriles is 1. The molecule has 0 bridgehead atoms. The molecule has 2 rings (SSSR count). The smallest absolute Gasteiger partial charge is 0.245 e. The minimum atomic E-state index is -3.73. The standard InChI is InChI=1S/C16H27N3O3S/c1-14(2,3)18-23(21,22)16(6-5-7-16)13(20)19-10-8-15(4,12-17)9-11-19/h18H,5-11H2,1-4H3. The number of carbonyl (C=O) groups excluding carboxylic acids is 1. The Hall–Kier alpha value is -1.13. The maximum atomic E-state index is 13.0. The Morgan fingerprint density at radius 2 is 1.70 bits per heavy atom. The number of rotatable bonds is 3. The van der Waals surface area contributed by atoms with Crippen molar-refractivity contribution in [2.75, 3.05) is 13.1 Å². The third kappa shape index (κ3) is 3.38. The average molecular weight is 341 g/mol. The van der Waals surface area contributed by atoms with Gasteiger partial charge in [-0.15, -0.1) is 0 Å². The van der Waals surface area contributed by atoms with Gasteiger partial charge in [-0.1, -0.05) is 0 Å². The Morgan fingerprint density at radius 3 is 2.04 bits per heavy atom. The van der Waals surface area contributed by atoms with Crippen LogP contribution in [0.5, 0.6) is 0 Å². The molecule has 1 amide bonds. The lowest BCUT2D eigenvalue weighted by molar-refractivity contribution is -0.138. The summed E-state index contributed by atoms with van der Waals surface area (Å²) in [5.74, 6) is -0.291.